The van der Waals surface area contributed by atoms with Gasteiger partial charge in [-0.25, -0.2) is 4.98 Å². The van der Waals surface area contributed by atoms with Crippen molar-refractivity contribution in [2.24, 2.45) is 7.05 Å². The van der Waals surface area contributed by atoms with E-state index in [1.165, 1.54) is 9.44 Å². The number of aliphatic carboxylic acids is 1. The first-order valence-electron chi connectivity index (χ1n) is 5.92. The van der Waals surface area contributed by atoms with E-state index < -0.39 is 5.97 Å². The van der Waals surface area contributed by atoms with Crippen molar-refractivity contribution in [1.82, 2.24) is 9.55 Å². The maximum atomic E-state index is 12.4. The summed E-state index contributed by atoms with van der Waals surface area (Å²) in [6.45, 7) is 0. The fraction of sp³-hybridized carbons (Fsp3) is 0.417. The molecular formula is C12H11N2O3S2-. The Balaban J connectivity index is 2.15. The van der Waals surface area contributed by atoms with E-state index in [9.17, 15) is 14.7 Å². The zero-order valence-corrected chi connectivity index (χ0v) is 11.9. The van der Waals surface area contributed by atoms with Gasteiger partial charge in [0.05, 0.1) is 11.4 Å². The molecule has 0 atom stereocenters. The highest BCUT2D eigenvalue weighted by Crippen LogP contribution is 2.35. The molecule has 0 aliphatic heterocycles. The van der Waals surface area contributed by atoms with Gasteiger partial charge < -0.3 is 9.90 Å². The van der Waals surface area contributed by atoms with Crippen LogP contribution < -0.4 is 10.7 Å². The molecule has 0 saturated carbocycles. The highest BCUT2D eigenvalue weighted by molar-refractivity contribution is 7.99. The van der Waals surface area contributed by atoms with Gasteiger partial charge in [-0.05, 0) is 24.8 Å². The molecule has 0 N–H and O–H groups in total. The van der Waals surface area contributed by atoms with Crippen LogP contribution in [-0.4, -0.2) is 21.3 Å². The molecule has 2 aromatic rings. The summed E-state index contributed by atoms with van der Waals surface area (Å²) < 4.78 is 1.43. The number of carbonyl (C=O) groups is 1. The number of carboxylic acids is 1. The number of carboxylic acid groups (broad SMARTS) is 1. The second kappa shape index (κ2) is 4.64. The lowest BCUT2D eigenvalue weighted by Gasteiger charge is -2.07. The second-order valence-electron chi connectivity index (χ2n) is 4.46. The summed E-state index contributed by atoms with van der Waals surface area (Å²) in [5.74, 6) is -1.36. The lowest BCUT2D eigenvalue weighted by molar-refractivity contribution is -0.301. The average Bonchev–Trinajstić information content (AvgIpc) is 2.91. The summed E-state index contributed by atoms with van der Waals surface area (Å²) in [7, 11) is 1.63. The molecule has 3 rings (SSSR count). The van der Waals surface area contributed by atoms with E-state index in [4.69, 9.17) is 0 Å². The Morgan fingerprint density at radius 2 is 2.32 bits per heavy atom. The van der Waals surface area contributed by atoms with Crippen molar-refractivity contribution in [3.05, 3.63) is 20.8 Å². The third kappa shape index (κ3) is 2.06. The third-order valence-corrected chi connectivity index (χ3v) is 5.41. The van der Waals surface area contributed by atoms with Gasteiger partial charge in [0.1, 0.15) is 4.83 Å². The summed E-state index contributed by atoms with van der Waals surface area (Å²) in [6, 6.07) is 0. The number of nitrogens with zero attached hydrogens (tertiary/aromatic N) is 2. The number of thioether (sulfide) groups is 1. The largest absolute Gasteiger partial charge is 0.549 e. The first-order valence-corrected chi connectivity index (χ1v) is 7.72. The van der Waals surface area contributed by atoms with E-state index in [0.29, 0.717) is 5.16 Å². The summed E-state index contributed by atoms with van der Waals surface area (Å²) in [5, 5.41) is 11.7. The summed E-state index contributed by atoms with van der Waals surface area (Å²) in [4.78, 5) is 29.3. The fourth-order valence-electron chi connectivity index (χ4n) is 2.36. The van der Waals surface area contributed by atoms with Crippen LogP contribution in [0.4, 0.5) is 0 Å². The molecule has 0 radical (unpaired) electrons. The van der Waals surface area contributed by atoms with Crippen molar-refractivity contribution in [1.29, 1.82) is 0 Å². The van der Waals surface area contributed by atoms with Gasteiger partial charge >= 0.3 is 0 Å². The van der Waals surface area contributed by atoms with Crippen LogP contribution in [-0.2, 0) is 24.7 Å². The van der Waals surface area contributed by atoms with E-state index >= 15 is 0 Å². The zero-order valence-electron chi connectivity index (χ0n) is 10.3. The van der Waals surface area contributed by atoms with Gasteiger partial charge in [-0.1, -0.05) is 11.8 Å². The van der Waals surface area contributed by atoms with Crippen molar-refractivity contribution >= 4 is 39.3 Å². The van der Waals surface area contributed by atoms with Gasteiger partial charge in [0.15, 0.2) is 5.16 Å². The maximum Gasteiger partial charge on any atom is 0.262 e. The van der Waals surface area contributed by atoms with Crippen LogP contribution in [0.15, 0.2) is 9.95 Å². The van der Waals surface area contributed by atoms with E-state index in [0.717, 1.165) is 46.8 Å². The first kappa shape index (κ1) is 12.7. The Hall–Kier alpha value is -1.34. The number of carbonyl (C=O) groups excluding carboxylic acids is 1. The molecule has 1 aliphatic rings. The molecule has 100 valence electrons. The Morgan fingerprint density at radius 1 is 1.53 bits per heavy atom. The zero-order chi connectivity index (χ0) is 13.6. The fourth-order valence-corrected chi connectivity index (χ4v) is 4.35. The van der Waals surface area contributed by atoms with Crippen LogP contribution in [0.2, 0.25) is 0 Å². The number of aromatic nitrogens is 2. The average molecular weight is 295 g/mol. The molecule has 1 aliphatic carbocycles. The van der Waals surface area contributed by atoms with Gasteiger partial charge in [-0.3, -0.25) is 9.36 Å². The lowest BCUT2D eigenvalue weighted by atomic mass is 10.2. The number of rotatable bonds is 3. The third-order valence-electron chi connectivity index (χ3n) is 3.22. The van der Waals surface area contributed by atoms with Gasteiger partial charge in [-0.15, -0.1) is 11.3 Å². The SMILES string of the molecule is Cn1c(SCC(=O)[O-])nc2sc3c(c2c1=O)CCC3. The smallest absolute Gasteiger partial charge is 0.262 e. The molecule has 0 amide bonds. The standard InChI is InChI=1S/C12H12N2O3S2/c1-14-11(17)9-6-3-2-4-7(6)19-10(9)13-12(14)18-5-8(15)16/h2-5H2,1H3,(H,15,16)/p-1. The first-order chi connectivity index (χ1) is 9.08. The van der Waals surface area contributed by atoms with Crippen molar-refractivity contribution in [2.75, 3.05) is 5.75 Å². The predicted octanol–water partition coefficient (Wildman–Crippen LogP) is 0.326. The van der Waals surface area contributed by atoms with E-state index in [1.54, 1.807) is 18.4 Å². The van der Waals surface area contributed by atoms with E-state index in [2.05, 4.69) is 4.98 Å². The number of fused-ring (bicyclic) bond motifs is 3. The number of hydrogen-bond acceptors (Lipinski definition) is 6. The van der Waals surface area contributed by atoms with Gasteiger partial charge in [0.25, 0.3) is 5.56 Å². The summed E-state index contributed by atoms with van der Waals surface area (Å²) >= 11 is 2.58. The molecule has 5 nitrogen and oxygen atoms in total. The molecule has 2 heterocycles. The molecule has 0 bridgehead atoms. The van der Waals surface area contributed by atoms with Crippen LogP contribution in [0.25, 0.3) is 10.2 Å². The summed E-state index contributed by atoms with van der Waals surface area (Å²) in [6.07, 6.45) is 3.06. The molecule has 0 saturated heterocycles. The predicted molar refractivity (Wildman–Crippen MR) is 72.6 cm³/mol. The molecule has 2 aromatic heterocycles. The molecule has 0 fully saturated rings. The maximum absolute atomic E-state index is 12.4. The minimum absolute atomic E-state index is 0.0785. The van der Waals surface area contributed by atoms with Crippen molar-refractivity contribution in [3.63, 3.8) is 0 Å². The lowest BCUT2D eigenvalue weighted by Crippen LogP contribution is -2.26. The Bertz CT molecular complexity index is 733. The van der Waals surface area contributed by atoms with Crippen molar-refractivity contribution < 1.29 is 9.90 Å². The van der Waals surface area contributed by atoms with Crippen LogP contribution >= 0.6 is 23.1 Å². The molecule has 19 heavy (non-hydrogen) atoms. The number of thiophene rings is 1. The number of aryl methyl sites for hydroxylation is 2. The van der Waals surface area contributed by atoms with Crippen molar-refractivity contribution in [3.8, 4) is 0 Å². The van der Waals surface area contributed by atoms with Gasteiger partial charge in [-0.2, -0.15) is 0 Å². The molecular weight excluding hydrogens is 284 g/mol. The van der Waals surface area contributed by atoms with Gasteiger partial charge in [0, 0.05) is 17.7 Å². The Morgan fingerprint density at radius 3 is 3.05 bits per heavy atom. The van der Waals surface area contributed by atoms with Crippen LogP contribution in [0.3, 0.4) is 0 Å². The van der Waals surface area contributed by atoms with Crippen LogP contribution in [0.5, 0.6) is 0 Å². The summed E-state index contributed by atoms with van der Waals surface area (Å²) in [5.41, 5.74) is 1.06. The highest BCUT2D eigenvalue weighted by Gasteiger charge is 2.22. The molecule has 0 aromatic carbocycles. The van der Waals surface area contributed by atoms with Gasteiger partial charge in [0.2, 0.25) is 0 Å². The topological polar surface area (TPSA) is 75.0 Å². The normalized spacial score (nSPS) is 13.9. The second-order valence-corrected chi connectivity index (χ2v) is 6.48. The van der Waals surface area contributed by atoms with Crippen LogP contribution in [0, 0.1) is 0 Å². The minimum Gasteiger partial charge on any atom is -0.549 e. The van der Waals surface area contributed by atoms with Crippen molar-refractivity contribution in [2.45, 2.75) is 24.4 Å². The van der Waals surface area contributed by atoms with Crippen LogP contribution in [0.1, 0.15) is 16.9 Å². The quantitative estimate of drug-likeness (QED) is 0.602. The molecule has 7 heteroatoms. The van der Waals surface area contributed by atoms with E-state index in [-0.39, 0.29) is 11.3 Å². The minimum atomic E-state index is -1.16. The Kier molecular flexibility index (Phi) is 3.10. The number of hydrogen-bond donors (Lipinski definition) is 0. The monoisotopic (exact) mass is 295 g/mol. The van der Waals surface area contributed by atoms with E-state index in [1.807, 2.05) is 0 Å². The molecule has 0 spiro atoms. The highest BCUT2D eigenvalue weighted by atomic mass is 32.2. The molecule has 0 unspecified atom stereocenters. The Labute approximate surface area is 117 Å².